The summed E-state index contributed by atoms with van der Waals surface area (Å²) in [5.41, 5.74) is 4.71. The van der Waals surface area contributed by atoms with Crippen molar-refractivity contribution in [2.24, 2.45) is 5.10 Å². The average molecular weight is 376 g/mol. The van der Waals surface area contributed by atoms with Crippen molar-refractivity contribution in [3.8, 4) is 0 Å². The Hall–Kier alpha value is -2.54. The highest BCUT2D eigenvalue weighted by Crippen LogP contribution is 2.18. The highest BCUT2D eigenvalue weighted by Gasteiger charge is 2.13. The molecule has 0 unspecified atom stereocenters. The summed E-state index contributed by atoms with van der Waals surface area (Å²) in [6.07, 6.45) is 0. The number of halogens is 1. The monoisotopic (exact) mass is 375 g/mol. The van der Waals surface area contributed by atoms with E-state index in [-0.39, 0.29) is 5.69 Å². The van der Waals surface area contributed by atoms with Crippen LogP contribution in [0.25, 0.3) is 0 Å². The van der Waals surface area contributed by atoms with Crippen LogP contribution in [0, 0.1) is 17.0 Å². The standard InChI is InChI=1S/C16H14BrN3O3/c1-10-8-13(6-7-15(10)20(22)23)16(21)19-18-11(2)12-4-3-5-14(17)9-12/h3-9H,1-2H3,(H,19,21)/b18-11+. The predicted molar refractivity (Wildman–Crippen MR) is 91.7 cm³/mol. The van der Waals surface area contributed by atoms with Crippen molar-refractivity contribution >= 4 is 33.2 Å². The van der Waals surface area contributed by atoms with Gasteiger partial charge in [-0.3, -0.25) is 14.9 Å². The molecule has 0 spiro atoms. The molecule has 0 aliphatic carbocycles. The van der Waals surface area contributed by atoms with Gasteiger partial charge in [0, 0.05) is 21.7 Å². The van der Waals surface area contributed by atoms with Crippen molar-refractivity contribution in [3.05, 3.63) is 73.7 Å². The van der Waals surface area contributed by atoms with Crippen LogP contribution in [-0.4, -0.2) is 16.5 Å². The molecule has 1 amide bonds. The van der Waals surface area contributed by atoms with Gasteiger partial charge in [-0.25, -0.2) is 5.43 Å². The summed E-state index contributed by atoms with van der Waals surface area (Å²) in [6, 6.07) is 11.7. The number of nitrogens with one attached hydrogen (secondary N) is 1. The third-order valence-corrected chi connectivity index (χ3v) is 3.72. The van der Waals surface area contributed by atoms with Crippen LogP contribution in [0.3, 0.4) is 0 Å². The van der Waals surface area contributed by atoms with E-state index in [9.17, 15) is 14.9 Å². The summed E-state index contributed by atoms with van der Waals surface area (Å²) in [6.45, 7) is 3.37. The van der Waals surface area contributed by atoms with E-state index in [1.807, 2.05) is 24.3 Å². The SMILES string of the molecule is C/C(=N\NC(=O)c1ccc([N+](=O)[O-])c(C)c1)c1cccc(Br)c1. The molecule has 2 rings (SSSR count). The number of benzene rings is 2. The summed E-state index contributed by atoms with van der Waals surface area (Å²) >= 11 is 3.38. The van der Waals surface area contributed by atoms with E-state index in [1.54, 1.807) is 13.8 Å². The topological polar surface area (TPSA) is 84.6 Å². The van der Waals surface area contributed by atoms with Crippen LogP contribution in [0.15, 0.2) is 52.0 Å². The van der Waals surface area contributed by atoms with Crippen molar-refractivity contribution in [3.63, 3.8) is 0 Å². The Balaban J connectivity index is 2.14. The molecule has 0 aromatic heterocycles. The number of hydrogen-bond donors (Lipinski definition) is 1. The van der Waals surface area contributed by atoms with Gasteiger partial charge < -0.3 is 0 Å². The maximum absolute atomic E-state index is 12.1. The minimum Gasteiger partial charge on any atom is -0.267 e. The Morgan fingerprint density at radius 2 is 1.96 bits per heavy atom. The molecule has 118 valence electrons. The number of carbonyl (C=O) groups is 1. The summed E-state index contributed by atoms with van der Waals surface area (Å²) in [5, 5.41) is 14.8. The van der Waals surface area contributed by atoms with E-state index in [0.717, 1.165) is 10.0 Å². The van der Waals surface area contributed by atoms with E-state index in [1.165, 1.54) is 18.2 Å². The first kappa shape index (κ1) is 16.8. The smallest absolute Gasteiger partial charge is 0.267 e. The predicted octanol–water partition coefficient (Wildman–Crippen LogP) is 3.82. The lowest BCUT2D eigenvalue weighted by atomic mass is 10.1. The number of carbonyl (C=O) groups excluding carboxylic acids is 1. The highest BCUT2D eigenvalue weighted by atomic mass is 79.9. The Bertz CT molecular complexity index is 803. The lowest BCUT2D eigenvalue weighted by Gasteiger charge is -2.04. The van der Waals surface area contributed by atoms with Crippen LogP contribution < -0.4 is 5.43 Å². The number of nitrogens with zero attached hydrogens (tertiary/aromatic N) is 2. The number of hydrazone groups is 1. The van der Waals surface area contributed by atoms with Gasteiger partial charge >= 0.3 is 0 Å². The maximum atomic E-state index is 12.1. The van der Waals surface area contributed by atoms with Crippen molar-refractivity contribution in [2.75, 3.05) is 0 Å². The zero-order chi connectivity index (χ0) is 17.0. The number of aryl methyl sites for hydroxylation is 1. The van der Waals surface area contributed by atoms with Crippen LogP contribution in [0.4, 0.5) is 5.69 Å². The first-order chi connectivity index (χ1) is 10.9. The molecular weight excluding hydrogens is 362 g/mol. The quantitative estimate of drug-likeness (QED) is 0.500. The Morgan fingerprint density at radius 1 is 1.22 bits per heavy atom. The van der Waals surface area contributed by atoms with Gasteiger partial charge in [0.25, 0.3) is 11.6 Å². The fourth-order valence-electron chi connectivity index (χ4n) is 1.98. The van der Waals surface area contributed by atoms with Crippen molar-refractivity contribution in [1.29, 1.82) is 0 Å². The molecule has 7 heteroatoms. The molecular formula is C16H14BrN3O3. The van der Waals surface area contributed by atoms with Gasteiger partial charge in [-0.05, 0) is 43.7 Å². The van der Waals surface area contributed by atoms with Gasteiger partial charge in [0.05, 0.1) is 10.6 Å². The lowest BCUT2D eigenvalue weighted by molar-refractivity contribution is -0.385. The number of hydrogen-bond acceptors (Lipinski definition) is 4. The number of rotatable bonds is 4. The molecule has 0 saturated carbocycles. The Kier molecular flexibility index (Phi) is 5.23. The molecule has 2 aromatic rings. The molecule has 0 aliphatic rings. The van der Waals surface area contributed by atoms with Gasteiger partial charge in [-0.1, -0.05) is 28.1 Å². The molecule has 0 radical (unpaired) electrons. The van der Waals surface area contributed by atoms with Crippen molar-refractivity contribution < 1.29 is 9.72 Å². The molecule has 0 saturated heterocycles. The third-order valence-electron chi connectivity index (χ3n) is 3.22. The summed E-state index contributed by atoms with van der Waals surface area (Å²) in [7, 11) is 0. The average Bonchev–Trinajstić information content (AvgIpc) is 2.51. The highest BCUT2D eigenvalue weighted by molar-refractivity contribution is 9.10. The zero-order valence-electron chi connectivity index (χ0n) is 12.5. The molecule has 0 bridgehead atoms. The lowest BCUT2D eigenvalue weighted by Crippen LogP contribution is -2.19. The minimum atomic E-state index is -0.480. The molecule has 0 atom stereocenters. The minimum absolute atomic E-state index is 0.0182. The third kappa shape index (κ3) is 4.23. The normalized spacial score (nSPS) is 11.2. The van der Waals surface area contributed by atoms with Crippen molar-refractivity contribution in [2.45, 2.75) is 13.8 Å². The van der Waals surface area contributed by atoms with Gasteiger partial charge in [-0.2, -0.15) is 5.10 Å². The summed E-state index contributed by atoms with van der Waals surface area (Å²) in [4.78, 5) is 22.4. The number of amides is 1. The molecule has 23 heavy (non-hydrogen) atoms. The van der Waals surface area contributed by atoms with Crippen LogP contribution in [0.5, 0.6) is 0 Å². The largest absolute Gasteiger partial charge is 0.272 e. The molecule has 2 aromatic carbocycles. The molecule has 1 N–H and O–H groups in total. The van der Waals surface area contributed by atoms with Gasteiger partial charge in [-0.15, -0.1) is 0 Å². The van der Waals surface area contributed by atoms with E-state index in [4.69, 9.17) is 0 Å². The first-order valence-electron chi connectivity index (χ1n) is 6.74. The molecule has 0 aliphatic heterocycles. The fourth-order valence-corrected chi connectivity index (χ4v) is 2.38. The number of nitro benzene ring substituents is 1. The van der Waals surface area contributed by atoms with E-state index in [2.05, 4.69) is 26.5 Å². The van der Waals surface area contributed by atoms with Crippen molar-refractivity contribution in [1.82, 2.24) is 5.43 Å². The second-order valence-corrected chi connectivity index (χ2v) is 5.82. The van der Waals surface area contributed by atoms with E-state index < -0.39 is 10.8 Å². The van der Waals surface area contributed by atoms with Crippen LogP contribution in [0.1, 0.15) is 28.4 Å². The van der Waals surface area contributed by atoms with Gasteiger partial charge in [0.15, 0.2) is 0 Å². The van der Waals surface area contributed by atoms with Gasteiger partial charge in [0.2, 0.25) is 0 Å². The number of nitro groups is 1. The first-order valence-corrected chi connectivity index (χ1v) is 7.53. The molecule has 0 heterocycles. The van der Waals surface area contributed by atoms with Crippen LogP contribution in [0.2, 0.25) is 0 Å². The molecule has 0 fully saturated rings. The molecule has 6 nitrogen and oxygen atoms in total. The zero-order valence-corrected chi connectivity index (χ0v) is 14.1. The maximum Gasteiger partial charge on any atom is 0.272 e. The second-order valence-electron chi connectivity index (χ2n) is 4.91. The Morgan fingerprint density at radius 3 is 2.57 bits per heavy atom. The Labute approximate surface area is 141 Å². The van der Waals surface area contributed by atoms with Crippen LogP contribution in [-0.2, 0) is 0 Å². The van der Waals surface area contributed by atoms with Crippen LogP contribution >= 0.6 is 15.9 Å². The van der Waals surface area contributed by atoms with Gasteiger partial charge in [0.1, 0.15) is 0 Å². The summed E-state index contributed by atoms with van der Waals surface area (Å²) < 4.78 is 0.918. The summed E-state index contributed by atoms with van der Waals surface area (Å²) in [5.74, 6) is -0.419. The fraction of sp³-hybridized carbons (Fsp3) is 0.125. The van der Waals surface area contributed by atoms with E-state index in [0.29, 0.717) is 16.8 Å². The second kappa shape index (κ2) is 7.15. The van der Waals surface area contributed by atoms with E-state index >= 15 is 0 Å².